The number of rotatable bonds is 5. The summed E-state index contributed by atoms with van der Waals surface area (Å²) in [6.07, 6.45) is 7.67. The maximum Gasteiger partial charge on any atom is 0.207 e. The van der Waals surface area contributed by atoms with E-state index in [4.69, 9.17) is 0 Å². The van der Waals surface area contributed by atoms with Crippen molar-refractivity contribution < 1.29 is 4.68 Å². The van der Waals surface area contributed by atoms with Crippen LogP contribution in [-0.4, -0.2) is 9.97 Å². The molecule has 26 heavy (non-hydrogen) atoms. The molecule has 0 aliphatic carbocycles. The van der Waals surface area contributed by atoms with Crippen molar-refractivity contribution in [1.82, 2.24) is 9.97 Å². The Balaban J connectivity index is 1.67. The van der Waals surface area contributed by atoms with E-state index in [2.05, 4.69) is 27.1 Å². The van der Waals surface area contributed by atoms with E-state index in [1.165, 1.54) is 5.56 Å². The number of pyridine rings is 1. The molecule has 0 atom stereocenters. The fraction of sp³-hybridized carbons (Fsp3) is 0.0455. The van der Waals surface area contributed by atoms with E-state index in [-0.39, 0.29) is 0 Å². The van der Waals surface area contributed by atoms with Crippen molar-refractivity contribution in [1.29, 1.82) is 0 Å². The van der Waals surface area contributed by atoms with Gasteiger partial charge in [0.2, 0.25) is 5.82 Å². The normalized spacial score (nSPS) is 10.5. The van der Waals surface area contributed by atoms with Gasteiger partial charge in [0.05, 0.1) is 18.1 Å². The van der Waals surface area contributed by atoms with Gasteiger partial charge in [-0.15, -0.1) is 5.01 Å². The summed E-state index contributed by atoms with van der Waals surface area (Å²) in [5, 5.41) is 2.09. The Labute approximate surface area is 153 Å². The van der Waals surface area contributed by atoms with Crippen LogP contribution in [0.5, 0.6) is 0 Å². The summed E-state index contributed by atoms with van der Waals surface area (Å²) in [4.78, 5) is 9.29. The third-order valence-electron chi connectivity index (χ3n) is 4.13. The Hall–Kier alpha value is -3.53. The molecular weight excluding hydrogens is 320 g/mol. The van der Waals surface area contributed by atoms with Gasteiger partial charge in [-0.3, -0.25) is 4.98 Å². The molecule has 4 rings (SSSR count). The molecule has 0 spiro atoms. The third-order valence-corrected chi connectivity index (χ3v) is 4.13. The molecule has 0 saturated carbocycles. The molecule has 2 aromatic carbocycles. The van der Waals surface area contributed by atoms with Crippen LogP contribution in [0, 0.1) is 0 Å². The van der Waals surface area contributed by atoms with E-state index < -0.39 is 0 Å². The number of hydrogen-bond donors (Lipinski definition) is 0. The highest BCUT2D eigenvalue weighted by Gasteiger charge is 2.18. The van der Waals surface area contributed by atoms with E-state index in [1.54, 1.807) is 0 Å². The van der Waals surface area contributed by atoms with Gasteiger partial charge in [-0.05, 0) is 5.56 Å². The highest BCUT2D eigenvalue weighted by molar-refractivity contribution is 5.58. The molecule has 0 bridgehead atoms. The molecule has 0 saturated heterocycles. The Morgan fingerprint density at radius 3 is 2.00 bits per heavy atom. The molecule has 0 N–H and O–H groups in total. The Morgan fingerprint density at radius 1 is 0.692 bits per heavy atom. The zero-order chi connectivity index (χ0) is 17.6. The lowest BCUT2D eigenvalue weighted by molar-refractivity contribution is -0.686. The van der Waals surface area contributed by atoms with Crippen LogP contribution < -0.4 is 9.69 Å². The van der Waals surface area contributed by atoms with E-state index >= 15 is 0 Å². The van der Waals surface area contributed by atoms with Gasteiger partial charge in [0.15, 0.2) is 12.4 Å². The van der Waals surface area contributed by atoms with Gasteiger partial charge >= 0.3 is 0 Å². The molecule has 126 valence electrons. The average Bonchev–Trinajstić information content (AvgIpc) is 2.74. The quantitative estimate of drug-likeness (QED) is 0.517. The van der Waals surface area contributed by atoms with E-state index in [0.717, 1.165) is 17.1 Å². The molecule has 2 aromatic heterocycles. The summed E-state index contributed by atoms with van der Waals surface area (Å²) in [6, 6.07) is 26.4. The van der Waals surface area contributed by atoms with Crippen LogP contribution >= 0.6 is 0 Å². The summed E-state index contributed by atoms with van der Waals surface area (Å²) in [5.74, 6) is 0.796. The first-order valence-electron chi connectivity index (χ1n) is 8.56. The molecule has 0 amide bonds. The first-order valence-corrected chi connectivity index (χ1v) is 8.56. The number of benzene rings is 2. The van der Waals surface area contributed by atoms with Gasteiger partial charge in [0, 0.05) is 17.7 Å². The average molecular weight is 339 g/mol. The van der Waals surface area contributed by atoms with Crippen LogP contribution in [0.2, 0.25) is 0 Å². The van der Waals surface area contributed by atoms with Crippen LogP contribution in [0.3, 0.4) is 0 Å². The van der Waals surface area contributed by atoms with Crippen LogP contribution in [-0.2, 0) is 6.54 Å². The first kappa shape index (κ1) is 16.0. The molecule has 4 aromatic rings. The van der Waals surface area contributed by atoms with E-state index in [0.29, 0.717) is 6.54 Å². The fourth-order valence-corrected chi connectivity index (χ4v) is 2.80. The van der Waals surface area contributed by atoms with Gasteiger partial charge in [-0.1, -0.05) is 71.4 Å². The van der Waals surface area contributed by atoms with E-state index in [9.17, 15) is 0 Å². The van der Waals surface area contributed by atoms with Gasteiger partial charge < -0.3 is 0 Å². The summed E-state index contributed by atoms with van der Waals surface area (Å²) in [7, 11) is 0. The fourth-order valence-electron chi connectivity index (χ4n) is 2.80. The minimum atomic E-state index is 0.703. The van der Waals surface area contributed by atoms with Crippen LogP contribution in [0.1, 0.15) is 5.56 Å². The monoisotopic (exact) mass is 339 g/mol. The van der Waals surface area contributed by atoms with Crippen LogP contribution in [0.15, 0.2) is 104 Å². The summed E-state index contributed by atoms with van der Waals surface area (Å²) >= 11 is 0. The third kappa shape index (κ3) is 3.59. The first-order chi connectivity index (χ1) is 12.9. The molecular formula is C22H19N4+. The van der Waals surface area contributed by atoms with Crippen molar-refractivity contribution in [2.24, 2.45) is 0 Å². The second-order valence-corrected chi connectivity index (χ2v) is 5.92. The largest absolute Gasteiger partial charge is 0.251 e. The number of nitrogens with zero attached hydrogens (tertiary/aromatic N) is 4. The molecule has 0 radical (unpaired) electrons. The maximum absolute atomic E-state index is 4.67. The Kier molecular flexibility index (Phi) is 4.65. The number of hydrogen-bond acceptors (Lipinski definition) is 3. The topological polar surface area (TPSA) is 32.9 Å². The van der Waals surface area contributed by atoms with Crippen molar-refractivity contribution in [3.8, 4) is 11.3 Å². The molecule has 2 heterocycles. The number of anilines is 1. The van der Waals surface area contributed by atoms with Gasteiger partial charge in [-0.2, -0.15) is 0 Å². The van der Waals surface area contributed by atoms with Crippen molar-refractivity contribution >= 4 is 5.82 Å². The Morgan fingerprint density at radius 2 is 1.35 bits per heavy atom. The molecule has 0 unspecified atom stereocenters. The van der Waals surface area contributed by atoms with Crippen molar-refractivity contribution in [3.63, 3.8) is 0 Å². The lowest BCUT2D eigenvalue weighted by atomic mass is 10.2. The van der Waals surface area contributed by atoms with Crippen LogP contribution in [0.4, 0.5) is 5.82 Å². The van der Waals surface area contributed by atoms with Crippen molar-refractivity contribution in [2.45, 2.75) is 6.54 Å². The number of aromatic nitrogens is 3. The Bertz CT molecular complexity index is 940. The standard InChI is InChI=1S/C22H19N4/c1-4-10-19(11-5-1)18-26(25-14-8-3-9-15-25)22-17-23-21(16-24-22)20-12-6-2-7-13-20/h1-17H,18H2/q+1. The highest BCUT2D eigenvalue weighted by Crippen LogP contribution is 2.18. The predicted octanol–water partition coefficient (Wildman–Crippen LogP) is 3.90. The zero-order valence-electron chi connectivity index (χ0n) is 14.3. The summed E-state index contributed by atoms with van der Waals surface area (Å²) < 4.78 is 2.03. The molecule has 0 fully saturated rings. The van der Waals surface area contributed by atoms with Gasteiger partial charge in [-0.25, -0.2) is 4.98 Å². The van der Waals surface area contributed by atoms with Gasteiger partial charge in [0.1, 0.15) is 6.54 Å². The summed E-state index contributed by atoms with van der Waals surface area (Å²) in [5.41, 5.74) is 3.14. The minimum Gasteiger partial charge on any atom is -0.251 e. The van der Waals surface area contributed by atoms with Gasteiger partial charge in [0.25, 0.3) is 0 Å². The van der Waals surface area contributed by atoms with E-state index in [1.807, 2.05) is 96.2 Å². The smallest absolute Gasteiger partial charge is 0.207 e. The maximum atomic E-state index is 4.67. The molecule has 0 aliphatic heterocycles. The van der Waals surface area contributed by atoms with Crippen LogP contribution in [0.25, 0.3) is 11.3 Å². The zero-order valence-corrected chi connectivity index (χ0v) is 14.3. The second kappa shape index (κ2) is 7.57. The SMILES string of the molecule is c1ccc(CN(c2cnc(-c3ccccc3)cn2)[n+]2ccccc2)cc1. The lowest BCUT2D eigenvalue weighted by Crippen LogP contribution is -2.53. The second-order valence-electron chi connectivity index (χ2n) is 5.92. The lowest BCUT2D eigenvalue weighted by Gasteiger charge is -2.16. The highest BCUT2D eigenvalue weighted by atomic mass is 15.6. The molecule has 4 nitrogen and oxygen atoms in total. The summed E-state index contributed by atoms with van der Waals surface area (Å²) in [6.45, 7) is 0.703. The van der Waals surface area contributed by atoms with Crippen molar-refractivity contribution in [3.05, 3.63) is 109 Å². The van der Waals surface area contributed by atoms with Crippen molar-refractivity contribution in [2.75, 3.05) is 5.01 Å². The minimum absolute atomic E-state index is 0.703. The molecule has 4 heteroatoms. The predicted molar refractivity (Wildman–Crippen MR) is 102 cm³/mol. The molecule has 0 aliphatic rings.